The zero-order valence-electron chi connectivity index (χ0n) is 12.1. The minimum atomic E-state index is -0.549. The predicted octanol–water partition coefficient (Wildman–Crippen LogP) is 3.44. The van der Waals surface area contributed by atoms with Crippen molar-refractivity contribution in [2.24, 2.45) is 5.73 Å². The molecule has 0 amide bonds. The Morgan fingerprint density at radius 2 is 1.95 bits per heavy atom. The number of para-hydroxylation sites is 1. The Morgan fingerprint density at radius 3 is 2.68 bits per heavy atom. The first kappa shape index (κ1) is 14.9. The fourth-order valence-electron chi connectivity index (χ4n) is 2.93. The van der Waals surface area contributed by atoms with Crippen LogP contribution in [-0.2, 0) is 9.53 Å². The summed E-state index contributed by atoms with van der Waals surface area (Å²) in [5.41, 5.74) is 7.57. The lowest BCUT2D eigenvalue weighted by atomic mass is 9.81. The third-order valence-electron chi connectivity index (χ3n) is 3.96. The van der Waals surface area contributed by atoms with Crippen LogP contribution in [0.25, 0.3) is 0 Å². The maximum atomic E-state index is 12.4. The summed E-state index contributed by atoms with van der Waals surface area (Å²) in [6, 6.07) is 12.8. The molecule has 2 N–H and O–H groups in total. The third kappa shape index (κ3) is 2.45. The molecule has 0 saturated carbocycles. The van der Waals surface area contributed by atoms with E-state index in [1.54, 1.807) is 18.2 Å². The molecule has 0 fully saturated rings. The standard InChI is InChI=1S/C17H16ClNO3/c1-21-17(20)16-12-8-10(18)6-7-15(12)22-14-5-3-2-4-11(14)13(16)9-19/h2-8,13,16H,9,19H2,1H3/t13-,16-/m1/s1. The molecule has 0 radical (unpaired) electrons. The SMILES string of the molecule is COC(=O)[C@@H]1c2cc(Cl)ccc2Oc2ccccc2[C@H]1CN. The number of ether oxygens (including phenoxy) is 2. The number of esters is 1. The van der Waals surface area contributed by atoms with E-state index in [4.69, 9.17) is 26.8 Å². The van der Waals surface area contributed by atoms with Gasteiger partial charge in [0, 0.05) is 28.6 Å². The van der Waals surface area contributed by atoms with E-state index in [2.05, 4.69) is 0 Å². The molecule has 2 aromatic carbocycles. The summed E-state index contributed by atoms with van der Waals surface area (Å²) in [5.74, 6) is 0.172. The second-order valence-electron chi connectivity index (χ2n) is 5.17. The molecule has 1 heterocycles. The van der Waals surface area contributed by atoms with Gasteiger partial charge in [-0.3, -0.25) is 4.79 Å². The summed E-state index contributed by atoms with van der Waals surface area (Å²) in [6.45, 7) is 0.298. The quantitative estimate of drug-likeness (QED) is 0.862. The molecule has 0 aliphatic carbocycles. The van der Waals surface area contributed by atoms with Crippen molar-refractivity contribution in [1.82, 2.24) is 0 Å². The zero-order valence-corrected chi connectivity index (χ0v) is 12.8. The monoisotopic (exact) mass is 317 g/mol. The molecule has 2 aromatic rings. The lowest BCUT2D eigenvalue weighted by Gasteiger charge is -2.23. The van der Waals surface area contributed by atoms with E-state index in [1.165, 1.54) is 7.11 Å². The average Bonchev–Trinajstić information content (AvgIpc) is 2.67. The van der Waals surface area contributed by atoms with Crippen LogP contribution in [0.5, 0.6) is 11.5 Å². The van der Waals surface area contributed by atoms with Gasteiger partial charge in [0.05, 0.1) is 13.0 Å². The Morgan fingerprint density at radius 1 is 1.23 bits per heavy atom. The van der Waals surface area contributed by atoms with Crippen LogP contribution >= 0.6 is 11.6 Å². The van der Waals surface area contributed by atoms with Crippen molar-refractivity contribution < 1.29 is 14.3 Å². The van der Waals surface area contributed by atoms with Crippen LogP contribution in [-0.4, -0.2) is 19.6 Å². The molecule has 4 nitrogen and oxygen atoms in total. The fourth-order valence-corrected chi connectivity index (χ4v) is 3.11. The molecule has 1 aliphatic heterocycles. The van der Waals surface area contributed by atoms with Crippen molar-refractivity contribution in [2.75, 3.05) is 13.7 Å². The minimum Gasteiger partial charge on any atom is -0.469 e. The van der Waals surface area contributed by atoms with Gasteiger partial charge in [-0.05, 0) is 24.3 Å². The number of benzene rings is 2. The highest BCUT2D eigenvalue weighted by Gasteiger charge is 2.37. The van der Waals surface area contributed by atoms with Gasteiger partial charge in [0.2, 0.25) is 0 Å². The second-order valence-corrected chi connectivity index (χ2v) is 5.60. The van der Waals surface area contributed by atoms with Crippen LogP contribution < -0.4 is 10.5 Å². The molecule has 0 aromatic heterocycles. The first-order valence-corrected chi connectivity index (χ1v) is 7.37. The second kappa shape index (κ2) is 5.99. The third-order valence-corrected chi connectivity index (χ3v) is 4.19. The van der Waals surface area contributed by atoms with E-state index in [1.807, 2.05) is 24.3 Å². The van der Waals surface area contributed by atoms with Gasteiger partial charge in [-0.2, -0.15) is 0 Å². The molecular formula is C17H16ClNO3. The molecule has 0 unspecified atom stereocenters. The largest absolute Gasteiger partial charge is 0.469 e. The van der Waals surface area contributed by atoms with Gasteiger partial charge >= 0.3 is 5.97 Å². The van der Waals surface area contributed by atoms with Gasteiger partial charge < -0.3 is 15.2 Å². The Labute approximate surface area is 133 Å². The summed E-state index contributed by atoms with van der Waals surface area (Å²) in [4.78, 5) is 12.4. The van der Waals surface area contributed by atoms with Gasteiger partial charge in [-0.25, -0.2) is 0 Å². The number of carbonyl (C=O) groups is 1. The van der Waals surface area contributed by atoms with E-state index in [-0.39, 0.29) is 11.9 Å². The van der Waals surface area contributed by atoms with Crippen molar-refractivity contribution in [3.8, 4) is 11.5 Å². The molecule has 5 heteroatoms. The number of fused-ring (bicyclic) bond motifs is 2. The van der Waals surface area contributed by atoms with E-state index < -0.39 is 5.92 Å². The summed E-state index contributed by atoms with van der Waals surface area (Å²) in [6.07, 6.45) is 0. The Kier molecular flexibility index (Phi) is 4.05. The van der Waals surface area contributed by atoms with Crippen LogP contribution in [0.4, 0.5) is 0 Å². The fraction of sp³-hybridized carbons (Fsp3) is 0.235. The highest BCUT2D eigenvalue weighted by Crippen LogP contribution is 2.46. The first-order chi connectivity index (χ1) is 10.7. The van der Waals surface area contributed by atoms with Gasteiger partial charge in [0.15, 0.2) is 0 Å². The van der Waals surface area contributed by atoms with E-state index in [0.29, 0.717) is 28.6 Å². The Hall–Kier alpha value is -2.04. The van der Waals surface area contributed by atoms with Crippen molar-refractivity contribution in [3.05, 3.63) is 58.6 Å². The van der Waals surface area contributed by atoms with E-state index in [0.717, 1.165) is 5.56 Å². The van der Waals surface area contributed by atoms with Crippen molar-refractivity contribution in [2.45, 2.75) is 11.8 Å². The van der Waals surface area contributed by atoms with Gasteiger partial charge in [0.1, 0.15) is 11.5 Å². The molecule has 1 aliphatic rings. The van der Waals surface area contributed by atoms with Crippen LogP contribution in [0.15, 0.2) is 42.5 Å². The van der Waals surface area contributed by atoms with Crippen LogP contribution in [0.1, 0.15) is 23.0 Å². The summed E-state index contributed by atoms with van der Waals surface area (Å²) in [7, 11) is 1.37. The molecule has 0 saturated heterocycles. The predicted molar refractivity (Wildman–Crippen MR) is 84.5 cm³/mol. The van der Waals surface area contributed by atoms with E-state index in [9.17, 15) is 4.79 Å². The topological polar surface area (TPSA) is 61.5 Å². The van der Waals surface area contributed by atoms with Gasteiger partial charge in [-0.1, -0.05) is 29.8 Å². The zero-order chi connectivity index (χ0) is 15.7. The molecular weight excluding hydrogens is 302 g/mol. The number of hydrogen-bond acceptors (Lipinski definition) is 4. The Bertz CT molecular complexity index is 717. The molecule has 2 atom stereocenters. The lowest BCUT2D eigenvalue weighted by Crippen LogP contribution is -2.26. The summed E-state index contributed by atoms with van der Waals surface area (Å²) in [5, 5.41) is 0.540. The molecule has 3 rings (SSSR count). The van der Waals surface area contributed by atoms with Crippen molar-refractivity contribution in [1.29, 1.82) is 0 Å². The molecule has 0 spiro atoms. The van der Waals surface area contributed by atoms with Crippen LogP contribution in [0.2, 0.25) is 5.02 Å². The van der Waals surface area contributed by atoms with Crippen LogP contribution in [0.3, 0.4) is 0 Å². The number of nitrogens with two attached hydrogens (primary N) is 1. The highest BCUT2D eigenvalue weighted by molar-refractivity contribution is 6.30. The van der Waals surface area contributed by atoms with Crippen molar-refractivity contribution in [3.63, 3.8) is 0 Å². The van der Waals surface area contributed by atoms with Gasteiger partial charge in [0.25, 0.3) is 0 Å². The molecule has 22 heavy (non-hydrogen) atoms. The first-order valence-electron chi connectivity index (χ1n) is 6.99. The van der Waals surface area contributed by atoms with Gasteiger partial charge in [-0.15, -0.1) is 0 Å². The number of rotatable bonds is 2. The maximum Gasteiger partial charge on any atom is 0.313 e. The average molecular weight is 318 g/mol. The molecule has 0 bridgehead atoms. The van der Waals surface area contributed by atoms with E-state index >= 15 is 0 Å². The highest BCUT2D eigenvalue weighted by atomic mass is 35.5. The minimum absolute atomic E-state index is 0.233. The summed E-state index contributed by atoms with van der Waals surface area (Å²) < 4.78 is 11.0. The van der Waals surface area contributed by atoms with Crippen molar-refractivity contribution >= 4 is 17.6 Å². The number of carbonyl (C=O) groups excluding carboxylic acids is 1. The van der Waals surface area contributed by atoms with Crippen LogP contribution in [0, 0.1) is 0 Å². The lowest BCUT2D eigenvalue weighted by molar-refractivity contribution is -0.143. The number of methoxy groups -OCH3 is 1. The summed E-state index contributed by atoms with van der Waals surface area (Å²) >= 11 is 6.11. The molecule has 114 valence electrons. The normalized spacial score (nSPS) is 19.4. The maximum absolute atomic E-state index is 12.4. The Balaban J connectivity index is 2.25. The smallest absolute Gasteiger partial charge is 0.313 e. The number of halogens is 1. The number of hydrogen-bond donors (Lipinski definition) is 1.